The first-order chi connectivity index (χ1) is 12.4. The summed E-state index contributed by atoms with van der Waals surface area (Å²) in [5.74, 6) is 7.34. The first kappa shape index (κ1) is 20.9. The van der Waals surface area contributed by atoms with Gasteiger partial charge >= 0.3 is 6.18 Å². The summed E-state index contributed by atoms with van der Waals surface area (Å²) in [5.41, 5.74) is 1.97. The molecular formula is C20H19ClF3NO2. The summed E-state index contributed by atoms with van der Waals surface area (Å²) in [6.45, 7) is 0.759. The topological polar surface area (TPSA) is 30.5 Å². The molecule has 1 unspecified atom stereocenters. The second kappa shape index (κ2) is 8.55. The molecule has 1 atom stereocenters. The summed E-state index contributed by atoms with van der Waals surface area (Å²) in [6.07, 6.45) is -3.50. The summed E-state index contributed by atoms with van der Waals surface area (Å²) < 4.78 is 48.6. The number of alkyl halides is 3. The van der Waals surface area contributed by atoms with Gasteiger partial charge in [-0.2, -0.15) is 13.2 Å². The highest BCUT2D eigenvalue weighted by molar-refractivity contribution is 5.85. The van der Waals surface area contributed by atoms with Crippen LogP contribution in [0.1, 0.15) is 28.3 Å². The third kappa shape index (κ3) is 4.68. The van der Waals surface area contributed by atoms with Gasteiger partial charge in [0.2, 0.25) is 0 Å². The van der Waals surface area contributed by atoms with Gasteiger partial charge in [0.25, 0.3) is 0 Å². The van der Waals surface area contributed by atoms with E-state index in [-0.39, 0.29) is 18.4 Å². The highest BCUT2D eigenvalue weighted by Crippen LogP contribution is 2.35. The highest BCUT2D eigenvalue weighted by atomic mass is 35.5. The molecule has 0 saturated carbocycles. The van der Waals surface area contributed by atoms with Gasteiger partial charge in [-0.25, -0.2) is 0 Å². The predicted molar refractivity (Wildman–Crippen MR) is 99.6 cm³/mol. The zero-order chi connectivity index (χ0) is 18.7. The average molecular weight is 398 g/mol. The Morgan fingerprint density at radius 2 is 1.67 bits per heavy atom. The quantitative estimate of drug-likeness (QED) is 0.763. The fourth-order valence-corrected chi connectivity index (χ4v) is 2.91. The minimum atomic E-state index is -4.34. The standard InChI is InChI=1S/C20H18F3NO2.ClH/c1-25-18-11-14-9-10-24-17(16(14)12-19(18)26-2)8-5-13-3-6-15(7-4-13)20(21,22)23;/h3-4,6-7,11-12,17,24H,9-10H2,1-2H3;1H. The van der Waals surface area contributed by atoms with Crippen molar-refractivity contribution in [3.05, 3.63) is 58.7 Å². The van der Waals surface area contributed by atoms with Crippen molar-refractivity contribution >= 4 is 12.4 Å². The minimum absolute atomic E-state index is 0. The molecule has 2 aromatic carbocycles. The lowest BCUT2D eigenvalue weighted by Gasteiger charge is -2.24. The summed E-state index contributed by atoms with van der Waals surface area (Å²) in [4.78, 5) is 0. The number of halogens is 4. The van der Waals surface area contributed by atoms with E-state index >= 15 is 0 Å². The molecule has 0 saturated heterocycles. The molecule has 0 amide bonds. The van der Waals surface area contributed by atoms with Crippen molar-refractivity contribution in [2.45, 2.75) is 18.6 Å². The van der Waals surface area contributed by atoms with Crippen LogP contribution in [-0.4, -0.2) is 20.8 Å². The molecule has 1 aliphatic heterocycles. The molecule has 1 N–H and O–H groups in total. The zero-order valence-corrected chi connectivity index (χ0v) is 15.6. The van der Waals surface area contributed by atoms with Crippen molar-refractivity contribution < 1.29 is 22.6 Å². The van der Waals surface area contributed by atoms with E-state index in [1.165, 1.54) is 12.1 Å². The lowest BCUT2D eigenvalue weighted by atomic mass is 9.93. The van der Waals surface area contributed by atoms with Gasteiger partial charge in [-0.15, -0.1) is 12.4 Å². The van der Waals surface area contributed by atoms with Gasteiger partial charge in [0, 0.05) is 12.1 Å². The van der Waals surface area contributed by atoms with Crippen LogP contribution in [0.25, 0.3) is 0 Å². The first-order valence-electron chi connectivity index (χ1n) is 8.09. The van der Waals surface area contributed by atoms with E-state index in [2.05, 4.69) is 17.2 Å². The van der Waals surface area contributed by atoms with Crippen molar-refractivity contribution in [2.75, 3.05) is 20.8 Å². The maximum atomic E-state index is 12.6. The van der Waals surface area contributed by atoms with Crippen LogP contribution >= 0.6 is 12.4 Å². The van der Waals surface area contributed by atoms with Gasteiger partial charge < -0.3 is 9.47 Å². The van der Waals surface area contributed by atoms with Crippen molar-refractivity contribution in [3.8, 4) is 23.3 Å². The Hall–Kier alpha value is -2.36. The van der Waals surface area contributed by atoms with Crippen LogP contribution in [0.15, 0.2) is 36.4 Å². The van der Waals surface area contributed by atoms with E-state index in [1.54, 1.807) is 14.2 Å². The number of rotatable bonds is 2. The third-order valence-electron chi connectivity index (χ3n) is 4.27. The second-order valence-corrected chi connectivity index (χ2v) is 5.89. The van der Waals surface area contributed by atoms with E-state index in [9.17, 15) is 13.2 Å². The predicted octanol–water partition coefficient (Wildman–Crippen LogP) is 4.38. The minimum Gasteiger partial charge on any atom is -0.493 e. The molecule has 3 rings (SSSR count). The van der Waals surface area contributed by atoms with E-state index in [1.807, 2.05) is 12.1 Å². The lowest BCUT2D eigenvalue weighted by Crippen LogP contribution is -2.29. The maximum Gasteiger partial charge on any atom is 0.416 e. The van der Waals surface area contributed by atoms with Crippen molar-refractivity contribution in [2.24, 2.45) is 0 Å². The fourth-order valence-electron chi connectivity index (χ4n) is 2.91. The summed E-state index contributed by atoms with van der Waals surface area (Å²) in [5, 5.41) is 3.32. The van der Waals surface area contributed by atoms with Gasteiger partial charge in [0.05, 0.1) is 25.8 Å². The Labute approximate surface area is 162 Å². The van der Waals surface area contributed by atoms with Crippen LogP contribution < -0.4 is 14.8 Å². The molecule has 0 aliphatic carbocycles. The van der Waals surface area contributed by atoms with Gasteiger partial charge in [-0.3, -0.25) is 5.32 Å². The SMILES string of the molecule is COc1cc2c(cc1OC)C(C#Cc1ccc(C(F)(F)F)cc1)NCC2.Cl. The molecule has 2 aromatic rings. The van der Waals surface area contributed by atoms with E-state index in [0.717, 1.165) is 36.2 Å². The van der Waals surface area contributed by atoms with Gasteiger partial charge in [0.15, 0.2) is 11.5 Å². The monoisotopic (exact) mass is 397 g/mol. The highest BCUT2D eigenvalue weighted by Gasteiger charge is 2.29. The average Bonchev–Trinajstić information content (AvgIpc) is 2.64. The molecule has 0 radical (unpaired) electrons. The smallest absolute Gasteiger partial charge is 0.416 e. The Bertz CT molecular complexity index is 855. The number of hydrogen-bond acceptors (Lipinski definition) is 3. The third-order valence-corrected chi connectivity index (χ3v) is 4.27. The molecule has 144 valence electrons. The lowest BCUT2D eigenvalue weighted by molar-refractivity contribution is -0.137. The Balaban J connectivity index is 0.00000261. The molecule has 3 nitrogen and oxygen atoms in total. The largest absolute Gasteiger partial charge is 0.493 e. The van der Waals surface area contributed by atoms with Crippen LogP contribution in [-0.2, 0) is 12.6 Å². The summed E-state index contributed by atoms with van der Waals surface area (Å²) in [6, 6.07) is 8.47. The van der Waals surface area contributed by atoms with E-state index in [4.69, 9.17) is 9.47 Å². The van der Waals surface area contributed by atoms with E-state index in [0.29, 0.717) is 17.1 Å². The number of nitrogens with one attached hydrogen (secondary N) is 1. The number of benzene rings is 2. The fraction of sp³-hybridized carbons (Fsp3) is 0.300. The van der Waals surface area contributed by atoms with Crippen LogP contribution in [0.3, 0.4) is 0 Å². The molecule has 0 spiro atoms. The van der Waals surface area contributed by atoms with Crippen LogP contribution in [0, 0.1) is 11.8 Å². The van der Waals surface area contributed by atoms with Crippen molar-refractivity contribution in [3.63, 3.8) is 0 Å². The van der Waals surface area contributed by atoms with Crippen LogP contribution in [0.2, 0.25) is 0 Å². The van der Waals surface area contributed by atoms with Crippen molar-refractivity contribution in [1.29, 1.82) is 0 Å². The molecule has 7 heteroatoms. The first-order valence-corrected chi connectivity index (χ1v) is 8.09. The zero-order valence-electron chi connectivity index (χ0n) is 14.8. The molecule has 0 bridgehead atoms. The number of hydrogen-bond donors (Lipinski definition) is 1. The second-order valence-electron chi connectivity index (χ2n) is 5.89. The molecule has 27 heavy (non-hydrogen) atoms. The van der Waals surface area contributed by atoms with Gasteiger partial charge in [0.1, 0.15) is 0 Å². The normalized spacial score (nSPS) is 15.7. The molecular weight excluding hydrogens is 379 g/mol. The molecule has 0 fully saturated rings. The Morgan fingerprint density at radius 3 is 2.26 bits per heavy atom. The Kier molecular flexibility index (Phi) is 6.63. The van der Waals surface area contributed by atoms with Crippen molar-refractivity contribution in [1.82, 2.24) is 5.32 Å². The maximum absolute atomic E-state index is 12.6. The van der Waals surface area contributed by atoms with Crippen LogP contribution in [0.4, 0.5) is 13.2 Å². The number of fused-ring (bicyclic) bond motifs is 1. The van der Waals surface area contributed by atoms with E-state index < -0.39 is 11.7 Å². The summed E-state index contributed by atoms with van der Waals surface area (Å²) >= 11 is 0. The summed E-state index contributed by atoms with van der Waals surface area (Å²) in [7, 11) is 3.16. The van der Waals surface area contributed by atoms with Gasteiger partial charge in [-0.1, -0.05) is 11.8 Å². The molecule has 1 heterocycles. The van der Waals surface area contributed by atoms with Crippen LogP contribution in [0.5, 0.6) is 11.5 Å². The molecule has 1 aliphatic rings. The van der Waals surface area contributed by atoms with Gasteiger partial charge in [-0.05, 0) is 53.9 Å². The number of ether oxygens (including phenoxy) is 2. The Morgan fingerprint density at radius 1 is 1.04 bits per heavy atom. The number of methoxy groups -OCH3 is 2. The molecule has 0 aromatic heterocycles.